The molecule has 3 aromatic heterocycles. The fraction of sp³-hybridized carbons (Fsp3) is 0.200. The number of hydrogen-bond donors (Lipinski definition) is 2. The molecule has 0 saturated heterocycles. The molecule has 0 aliphatic rings. The van der Waals surface area contributed by atoms with E-state index in [1.165, 1.54) is 0 Å². The lowest BCUT2D eigenvalue weighted by Crippen LogP contribution is -2.03. The van der Waals surface area contributed by atoms with Crippen LogP contribution in [0.5, 0.6) is 0 Å². The predicted octanol–water partition coefficient (Wildman–Crippen LogP) is 1.39. The molecule has 6 heteroatoms. The van der Waals surface area contributed by atoms with E-state index in [0.717, 1.165) is 10.7 Å². The Morgan fingerprint density at radius 3 is 3.25 bits per heavy atom. The Morgan fingerprint density at radius 1 is 1.56 bits per heavy atom. The zero-order valence-corrected chi connectivity index (χ0v) is 9.18. The van der Waals surface area contributed by atoms with Crippen molar-refractivity contribution in [2.24, 2.45) is 0 Å². The molecule has 3 rings (SSSR count). The Balaban J connectivity index is 1.82. The van der Waals surface area contributed by atoms with Crippen LogP contribution in [0.1, 0.15) is 17.6 Å². The molecular weight excluding hydrogens is 224 g/mol. The first-order valence-corrected chi connectivity index (χ1v) is 5.79. The number of rotatable bonds is 3. The molecule has 5 nitrogen and oxygen atoms in total. The van der Waals surface area contributed by atoms with Crippen LogP contribution in [0.4, 0.5) is 0 Å². The number of nitrogens with one attached hydrogen (secondary N) is 1. The summed E-state index contributed by atoms with van der Waals surface area (Å²) in [4.78, 5) is 12.3. The van der Waals surface area contributed by atoms with E-state index in [2.05, 4.69) is 15.0 Å². The van der Waals surface area contributed by atoms with Crippen molar-refractivity contribution in [2.45, 2.75) is 12.5 Å². The molecule has 16 heavy (non-hydrogen) atoms. The van der Waals surface area contributed by atoms with Gasteiger partial charge in [0.15, 0.2) is 4.96 Å². The van der Waals surface area contributed by atoms with E-state index in [1.54, 1.807) is 23.7 Å². The summed E-state index contributed by atoms with van der Waals surface area (Å²) < 4.78 is 1.95. The lowest BCUT2D eigenvalue weighted by molar-refractivity contribution is 0.168. The van der Waals surface area contributed by atoms with Gasteiger partial charge in [0, 0.05) is 36.6 Å². The summed E-state index contributed by atoms with van der Waals surface area (Å²) in [6, 6.07) is 0. The SMILES string of the molecule is OC(Cc1cn2ccsc2n1)c1ncc[nH]1. The van der Waals surface area contributed by atoms with E-state index in [-0.39, 0.29) is 0 Å². The van der Waals surface area contributed by atoms with Gasteiger partial charge in [-0.2, -0.15) is 0 Å². The van der Waals surface area contributed by atoms with Gasteiger partial charge in [0.05, 0.1) is 5.69 Å². The number of imidazole rings is 2. The fourth-order valence-electron chi connectivity index (χ4n) is 1.63. The van der Waals surface area contributed by atoms with E-state index < -0.39 is 6.10 Å². The molecule has 0 aliphatic heterocycles. The number of aliphatic hydroxyl groups excluding tert-OH is 1. The van der Waals surface area contributed by atoms with Gasteiger partial charge in [0.1, 0.15) is 11.9 Å². The molecule has 0 amide bonds. The van der Waals surface area contributed by atoms with E-state index in [4.69, 9.17) is 0 Å². The standard InChI is InChI=1S/C10H10N4OS/c15-8(9-11-1-2-12-9)5-7-6-14-3-4-16-10(14)13-7/h1-4,6,8,15H,5H2,(H,11,12). The highest BCUT2D eigenvalue weighted by molar-refractivity contribution is 7.15. The zero-order chi connectivity index (χ0) is 11.0. The van der Waals surface area contributed by atoms with Gasteiger partial charge in [0.2, 0.25) is 0 Å². The molecule has 0 aliphatic carbocycles. The first-order chi connectivity index (χ1) is 7.83. The van der Waals surface area contributed by atoms with Crippen molar-refractivity contribution in [1.29, 1.82) is 0 Å². The topological polar surface area (TPSA) is 66.2 Å². The number of aromatic amines is 1. The number of aromatic nitrogens is 4. The zero-order valence-electron chi connectivity index (χ0n) is 8.37. The minimum atomic E-state index is -0.625. The van der Waals surface area contributed by atoms with Crippen molar-refractivity contribution in [2.75, 3.05) is 0 Å². The van der Waals surface area contributed by atoms with Gasteiger partial charge in [-0.1, -0.05) is 0 Å². The summed E-state index contributed by atoms with van der Waals surface area (Å²) >= 11 is 1.58. The van der Waals surface area contributed by atoms with Crippen molar-refractivity contribution in [1.82, 2.24) is 19.4 Å². The van der Waals surface area contributed by atoms with Gasteiger partial charge < -0.3 is 10.1 Å². The van der Waals surface area contributed by atoms with Crippen LogP contribution in [0.3, 0.4) is 0 Å². The minimum absolute atomic E-state index is 0.474. The molecular formula is C10H10N4OS. The third kappa shape index (κ3) is 1.62. The molecule has 1 atom stereocenters. The molecule has 3 aromatic rings. The summed E-state index contributed by atoms with van der Waals surface area (Å²) in [6.45, 7) is 0. The quantitative estimate of drug-likeness (QED) is 0.719. The van der Waals surface area contributed by atoms with Gasteiger partial charge in [-0.15, -0.1) is 11.3 Å². The second-order valence-corrected chi connectivity index (χ2v) is 4.39. The lowest BCUT2D eigenvalue weighted by atomic mass is 10.2. The Kier molecular flexibility index (Phi) is 2.23. The number of fused-ring (bicyclic) bond motifs is 1. The van der Waals surface area contributed by atoms with Gasteiger partial charge in [-0.3, -0.25) is 4.40 Å². The molecule has 0 fully saturated rings. The predicted molar refractivity (Wildman–Crippen MR) is 60.3 cm³/mol. The number of hydrogen-bond acceptors (Lipinski definition) is 4. The molecule has 1 unspecified atom stereocenters. The maximum atomic E-state index is 9.89. The Bertz CT molecular complexity index is 554. The molecule has 0 saturated carbocycles. The largest absolute Gasteiger partial charge is 0.385 e. The Hall–Kier alpha value is -1.66. The fourth-order valence-corrected chi connectivity index (χ4v) is 2.35. The van der Waals surface area contributed by atoms with Gasteiger partial charge in [0.25, 0.3) is 0 Å². The normalized spacial score (nSPS) is 13.3. The minimum Gasteiger partial charge on any atom is -0.385 e. The van der Waals surface area contributed by atoms with Crippen molar-refractivity contribution in [3.63, 3.8) is 0 Å². The summed E-state index contributed by atoms with van der Waals surface area (Å²) in [6.07, 6.45) is 7.06. The Labute approximate surface area is 95.4 Å². The monoisotopic (exact) mass is 234 g/mol. The van der Waals surface area contributed by atoms with Crippen molar-refractivity contribution >= 4 is 16.3 Å². The van der Waals surface area contributed by atoms with E-state index >= 15 is 0 Å². The van der Waals surface area contributed by atoms with Gasteiger partial charge in [-0.25, -0.2) is 9.97 Å². The van der Waals surface area contributed by atoms with Crippen LogP contribution in [0.25, 0.3) is 4.96 Å². The highest BCUT2D eigenvalue weighted by Gasteiger charge is 2.13. The smallest absolute Gasteiger partial charge is 0.193 e. The van der Waals surface area contributed by atoms with Crippen LogP contribution in [0.15, 0.2) is 30.2 Å². The first-order valence-electron chi connectivity index (χ1n) is 4.91. The third-order valence-corrected chi connectivity index (χ3v) is 3.15. The number of H-pyrrole nitrogens is 1. The molecule has 0 radical (unpaired) electrons. The maximum Gasteiger partial charge on any atom is 0.193 e. The Morgan fingerprint density at radius 2 is 2.50 bits per heavy atom. The molecule has 0 bridgehead atoms. The van der Waals surface area contributed by atoms with Gasteiger partial charge in [-0.05, 0) is 0 Å². The van der Waals surface area contributed by atoms with Crippen LogP contribution < -0.4 is 0 Å². The average Bonchev–Trinajstić information content (AvgIpc) is 2.91. The van der Waals surface area contributed by atoms with Crippen molar-refractivity contribution in [3.05, 3.63) is 41.7 Å². The lowest BCUT2D eigenvalue weighted by Gasteiger charge is -2.04. The van der Waals surface area contributed by atoms with Crippen LogP contribution in [0.2, 0.25) is 0 Å². The second kappa shape index (κ2) is 3.73. The second-order valence-electron chi connectivity index (χ2n) is 3.52. The van der Waals surface area contributed by atoms with Crippen LogP contribution in [-0.4, -0.2) is 24.5 Å². The van der Waals surface area contributed by atoms with Gasteiger partial charge >= 0.3 is 0 Å². The molecule has 0 spiro atoms. The molecule has 3 heterocycles. The summed E-state index contributed by atoms with van der Waals surface area (Å²) in [7, 11) is 0. The van der Waals surface area contributed by atoms with E-state index in [9.17, 15) is 5.11 Å². The van der Waals surface area contributed by atoms with Crippen molar-refractivity contribution < 1.29 is 5.11 Å². The van der Waals surface area contributed by atoms with Crippen LogP contribution in [0, 0.1) is 0 Å². The summed E-state index contributed by atoms with van der Waals surface area (Å²) in [5, 5.41) is 11.9. The first kappa shape index (κ1) is 9.56. The van der Waals surface area contributed by atoms with Crippen LogP contribution in [-0.2, 0) is 6.42 Å². The van der Waals surface area contributed by atoms with Crippen LogP contribution >= 0.6 is 11.3 Å². The highest BCUT2D eigenvalue weighted by Crippen LogP contribution is 2.17. The third-order valence-electron chi connectivity index (χ3n) is 2.38. The highest BCUT2D eigenvalue weighted by atomic mass is 32.1. The molecule has 2 N–H and O–H groups in total. The maximum absolute atomic E-state index is 9.89. The number of nitrogens with zero attached hydrogens (tertiary/aromatic N) is 3. The molecule has 82 valence electrons. The summed E-state index contributed by atoms with van der Waals surface area (Å²) in [5.74, 6) is 0.580. The van der Waals surface area contributed by atoms with E-state index in [0.29, 0.717) is 12.2 Å². The number of thiazole rings is 1. The summed E-state index contributed by atoms with van der Waals surface area (Å²) in [5.41, 5.74) is 0.871. The molecule has 0 aromatic carbocycles. The number of aliphatic hydroxyl groups is 1. The average molecular weight is 234 g/mol. The van der Waals surface area contributed by atoms with E-state index in [1.807, 2.05) is 22.2 Å². The van der Waals surface area contributed by atoms with Crippen molar-refractivity contribution in [3.8, 4) is 0 Å².